The highest BCUT2D eigenvalue weighted by molar-refractivity contribution is 7.90. The van der Waals surface area contributed by atoms with Crippen molar-refractivity contribution >= 4 is 38.0 Å². The molecule has 9 nitrogen and oxygen atoms in total. The van der Waals surface area contributed by atoms with E-state index < -0.39 is 14.8 Å². The van der Waals surface area contributed by atoms with E-state index in [4.69, 9.17) is 0 Å². The highest BCUT2D eigenvalue weighted by Gasteiger charge is 2.18. The normalized spacial score (nSPS) is 11.3. The molecule has 1 heterocycles. The van der Waals surface area contributed by atoms with Crippen LogP contribution in [0.2, 0.25) is 0 Å². The summed E-state index contributed by atoms with van der Waals surface area (Å²) in [5.74, 6) is -0.168. The van der Waals surface area contributed by atoms with Crippen LogP contribution < -0.4 is 10.6 Å². The summed E-state index contributed by atoms with van der Waals surface area (Å²) in [4.78, 5) is 25.7. The van der Waals surface area contributed by atoms with Gasteiger partial charge in [-0.3, -0.25) is 14.9 Å². The number of para-hydroxylation sites is 1. The summed E-state index contributed by atoms with van der Waals surface area (Å²) in [5, 5.41) is 17.8. The molecule has 2 aromatic carbocycles. The fourth-order valence-electron chi connectivity index (χ4n) is 2.96. The Kier molecular flexibility index (Phi) is 5.83. The number of carbonyl (C=O) groups is 1. The third-order valence-corrected chi connectivity index (χ3v) is 5.49. The zero-order chi connectivity index (χ0) is 21.0. The van der Waals surface area contributed by atoms with Gasteiger partial charge in [-0.25, -0.2) is 8.42 Å². The Bertz CT molecular complexity index is 1170. The number of hydrogen-bond acceptors (Lipinski definition) is 6. The first-order chi connectivity index (χ1) is 13.8. The zero-order valence-electron chi connectivity index (χ0n) is 15.6. The van der Waals surface area contributed by atoms with Crippen LogP contribution in [0.3, 0.4) is 0 Å². The van der Waals surface area contributed by atoms with Crippen molar-refractivity contribution in [2.45, 2.75) is 11.3 Å². The van der Waals surface area contributed by atoms with Crippen molar-refractivity contribution in [2.24, 2.45) is 0 Å². The van der Waals surface area contributed by atoms with Crippen LogP contribution in [-0.2, 0) is 21.1 Å². The van der Waals surface area contributed by atoms with Crippen molar-refractivity contribution in [3.63, 3.8) is 0 Å². The van der Waals surface area contributed by atoms with Gasteiger partial charge in [0.2, 0.25) is 5.91 Å². The fraction of sp³-hybridized carbons (Fsp3) is 0.211. The lowest BCUT2D eigenvalue weighted by atomic mass is 10.1. The number of aromatic nitrogens is 1. The summed E-state index contributed by atoms with van der Waals surface area (Å²) in [6.45, 7) is 0.505. The van der Waals surface area contributed by atoms with Crippen LogP contribution in [0.15, 0.2) is 53.6 Å². The van der Waals surface area contributed by atoms with E-state index >= 15 is 0 Å². The molecule has 0 bridgehead atoms. The summed E-state index contributed by atoms with van der Waals surface area (Å²) < 4.78 is 23.1. The zero-order valence-corrected chi connectivity index (χ0v) is 16.5. The molecule has 1 aromatic heterocycles. The molecule has 0 saturated heterocycles. The number of nitro groups is 1. The van der Waals surface area contributed by atoms with Crippen LogP contribution in [-0.4, -0.2) is 43.6 Å². The van der Waals surface area contributed by atoms with Gasteiger partial charge in [-0.05, 0) is 23.8 Å². The van der Waals surface area contributed by atoms with Gasteiger partial charge in [0, 0.05) is 42.5 Å². The number of rotatable bonds is 8. The molecule has 0 aliphatic rings. The van der Waals surface area contributed by atoms with Crippen molar-refractivity contribution in [3.05, 3.63) is 64.3 Å². The number of amides is 1. The van der Waals surface area contributed by atoms with E-state index in [0.29, 0.717) is 0 Å². The Balaban J connectivity index is 1.56. The summed E-state index contributed by atoms with van der Waals surface area (Å²) in [5.41, 5.74) is 1.70. The molecule has 0 fully saturated rings. The second kappa shape index (κ2) is 8.31. The predicted octanol–water partition coefficient (Wildman–Crippen LogP) is 2.25. The molecule has 0 unspecified atom stereocenters. The van der Waals surface area contributed by atoms with Crippen LogP contribution >= 0.6 is 0 Å². The van der Waals surface area contributed by atoms with E-state index in [9.17, 15) is 23.3 Å². The lowest BCUT2D eigenvalue weighted by molar-refractivity contribution is -0.384. The largest absolute Gasteiger partial charge is 0.378 e. The maximum atomic E-state index is 12.2. The number of nitrogens with zero attached hydrogens (tertiary/aromatic N) is 1. The lowest BCUT2D eigenvalue weighted by Gasteiger charge is -2.09. The molecule has 152 valence electrons. The number of fused-ring (bicyclic) bond motifs is 1. The van der Waals surface area contributed by atoms with E-state index in [2.05, 4.69) is 15.6 Å². The fourth-order valence-corrected chi connectivity index (χ4v) is 3.60. The highest BCUT2D eigenvalue weighted by atomic mass is 32.2. The first-order valence-electron chi connectivity index (χ1n) is 8.80. The molecule has 0 aliphatic carbocycles. The topological polar surface area (TPSA) is 134 Å². The van der Waals surface area contributed by atoms with E-state index in [1.807, 2.05) is 24.3 Å². The van der Waals surface area contributed by atoms with Gasteiger partial charge in [0.1, 0.15) is 5.69 Å². The number of hydrogen-bond donors (Lipinski definition) is 3. The number of benzene rings is 2. The van der Waals surface area contributed by atoms with Gasteiger partial charge in [0.15, 0.2) is 9.84 Å². The van der Waals surface area contributed by atoms with Crippen molar-refractivity contribution in [2.75, 3.05) is 24.7 Å². The standard InChI is InChI=1S/C19H20N4O5S/c1-29(27,28)14-6-7-17(18(11-14)23(25)26)20-8-9-21-19(24)10-13-12-22-16-5-3-2-4-15(13)16/h2-7,11-12,20,22H,8-10H2,1H3,(H,21,24). The molecule has 10 heteroatoms. The quantitative estimate of drug-likeness (QED) is 0.293. The second-order valence-corrected chi connectivity index (χ2v) is 8.54. The minimum atomic E-state index is -3.54. The molecular weight excluding hydrogens is 396 g/mol. The molecule has 3 rings (SSSR count). The van der Waals surface area contributed by atoms with Gasteiger partial charge in [-0.2, -0.15) is 0 Å². The number of aromatic amines is 1. The third-order valence-electron chi connectivity index (χ3n) is 4.38. The number of carbonyl (C=O) groups excluding carboxylic acids is 1. The average molecular weight is 416 g/mol. The molecule has 0 radical (unpaired) electrons. The van der Waals surface area contributed by atoms with Crippen LogP contribution in [0, 0.1) is 10.1 Å². The minimum absolute atomic E-state index is 0.123. The summed E-state index contributed by atoms with van der Waals surface area (Å²) in [7, 11) is -3.54. The molecule has 0 atom stereocenters. The molecule has 3 aromatic rings. The molecule has 0 aliphatic heterocycles. The third kappa shape index (κ3) is 4.91. The van der Waals surface area contributed by atoms with Gasteiger partial charge in [0.25, 0.3) is 5.69 Å². The molecule has 3 N–H and O–H groups in total. The number of nitrogens with one attached hydrogen (secondary N) is 3. The van der Waals surface area contributed by atoms with Crippen LogP contribution in [0.1, 0.15) is 5.56 Å². The summed E-state index contributed by atoms with van der Waals surface area (Å²) in [6, 6.07) is 11.4. The minimum Gasteiger partial charge on any atom is -0.378 e. The van der Waals surface area contributed by atoms with E-state index in [1.54, 1.807) is 6.20 Å². The van der Waals surface area contributed by atoms with Gasteiger partial charge >= 0.3 is 0 Å². The molecule has 1 amide bonds. The Morgan fingerprint density at radius 1 is 1.17 bits per heavy atom. The van der Waals surface area contributed by atoms with E-state index in [1.165, 1.54) is 12.1 Å². The summed E-state index contributed by atoms with van der Waals surface area (Å²) in [6.07, 6.45) is 3.00. The van der Waals surface area contributed by atoms with Crippen molar-refractivity contribution in [3.8, 4) is 0 Å². The molecular formula is C19H20N4O5S. The van der Waals surface area contributed by atoms with Crippen molar-refractivity contribution in [1.82, 2.24) is 10.3 Å². The van der Waals surface area contributed by atoms with Gasteiger partial charge in [-0.1, -0.05) is 18.2 Å². The average Bonchev–Trinajstić information content (AvgIpc) is 3.07. The SMILES string of the molecule is CS(=O)(=O)c1ccc(NCCNC(=O)Cc2c[nH]c3ccccc23)c([N+](=O)[O-])c1. The predicted molar refractivity (Wildman–Crippen MR) is 110 cm³/mol. The number of anilines is 1. The highest BCUT2D eigenvalue weighted by Crippen LogP contribution is 2.27. The molecule has 29 heavy (non-hydrogen) atoms. The number of nitro benzene ring substituents is 1. The molecule has 0 saturated carbocycles. The van der Waals surface area contributed by atoms with Crippen LogP contribution in [0.5, 0.6) is 0 Å². The van der Waals surface area contributed by atoms with Crippen LogP contribution in [0.25, 0.3) is 10.9 Å². The monoisotopic (exact) mass is 416 g/mol. The van der Waals surface area contributed by atoms with Gasteiger partial charge in [-0.15, -0.1) is 0 Å². The first kappa shape index (κ1) is 20.3. The first-order valence-corrected chi connectivity index (χ1v) is 10.7. The Morgan fingerprint density at radius 3 is 2.66 bits per heavy atom. The number of H-pyrrole nitrogens is 1. The van der Waals surface area contributed by atoms with Gasteiger partial charge in [0.05, 0.1) is 16.2 Å². The maximum absolute atomic E-state index is 12.2. The second-order valence-electron chi connectivity index (χ2n) is 6.52. The number of sulfone groups is 1. The smallest absolute Gasteiger partial charge is 0.293 e. The Hall–Kier alpha value is -3.40. The summed E-state index contributed by atoms with van der Waals surface area (Å²) >= 11 is 0. The van der Waals surface area contributed by atoms with Gasteiger partial charge < -0.3 is 15.6 Å². The molecule has 0 spiro atoms. The Labute approximate surface area is 167 Å². The van der Waals surface area contributed by atoms with Crippen molar-refractivity contribution in [1.29, 1.82) is 0 Å². The maximum Gasteiger partial charge on any atom is 0.293 e. The van der Waals surface area contributed by atoms with Crippen LogP contribution in [0.4, 0.5) is 11.4 Å². The Morgan fingerprint density at radius 2 is 1.93 bits per heavy atom. The van der Waals surface area contributed by atoms with E-state index in [0.717, 1.165) is 28.8 Å². The lowest BCUT2D eigenvalue weighted by Crippen LogP contribution is -2.30. The van der Waals surface area contributed by atoms with E-state index in [-0.39, 0.29) is 41.7 Å². The van der Waals surface area contributed by atoms with Crippen molar-refractivity contribution < 1.29 is 18.1 Å².